The van der Waals surface area contributed by atoms with E-state index in [9.17, 15) is 0 Å². The van der Waals surface area contributed by atoms with Gasteiger partial charge in [0, 0.05) is 40.8 Å². The molecule has 1 fully saturated rings. The van der Waals surface area contributed by atoms with Gasteiger partial charge in [-0.25, -0.2) is 0 Å². The van der Waals surface area contributed by atoms with Crippen LogP contribution in [0.4, 0.5) is 0 Å². The fourth-order valence-electron chi connectivity index (χ4n) is 4.67. The van der Waals surface area contributed by atoms with Gasteiger partial charge in [0.1, 0.15) is 5.76 Å². The molecular formula is C25H33N3O. The van der Waals surface area contributed by atoms with Crippen LogP contribution in [0.5, 0.6) is 0 Å². The fourth-order valence-corrected chi connectivity index (χ4v) is 4.67. The van der Waals surface area contributed by atoms with Gasteiger partial charge in [-0.15, -0.1) is 0 Å². The summed E-state index contributed by atoms with van der Waals surface area (Å²) in [6.45, 7) is 6.47. The number of ether oxygens (including phenoxy) is 1. The van der Waals surface area contributed by atoms with Gasteiger partial charge in [0.15, 0.2) is 0 Å². The van der Waals surface area contributed by atoms with Crippen molar-refractivity contribution in [3.63, 3.8) is 0 Å². The summed E-state index contributed by atoms with van der Waals surface area (Å²) >= 11 is 0. The monoisotopic (exact) mass is 391 g/mol. The molecule has 0 saturated heterocycles. The van der Waals surface area contributed by atoms with Gasteiger partial charge in [0.05, 0.1) is 7.11 Å². The zero-order chi connectivity index (χ0) is 20.4. The molecule has 0 amide bonds. The van der Waals surface area contributed by atoms with Crippen molar-refractivity contribution in [3.8, 4) is 0 Å². The van der Waals surface area contributed by atoms with Crippen LogP contribution in [0.25, 0.3) is 0 Å². The first-order chi connectivity index (χ1) is 14.0. The lowest BCUT2D eigenvalue weighted by molar-refractivity contribution is 0.281. The van der Waals surface area contributed by atoms with Crippen molar-refractivity contribution in [2.24, 2.45) is 11.7 Å². The maximum absolute atomic E-state index is 6.06. The molecule has 1 saturated carbocycles. The molecule has 0 atom stereocenters. The lowest BCUT2D eigenvalue weighted by Gasteiger charge is -2.29. The van der Waals surface area contributed by atoms with Gasteiger partial charge in [-0.05, 0) is 62.5 Å². The summed E-state index contributed by atoms with van der Waals surface area (Å²) in [4.78, 5) is 0. The first kappa shape index (κ1) is 19.8. The van der Waals surface area contributed by atoms with Gasteiger partial charge in [0.2, 0.25) is 0 Å². The molecule has 0 spiro atoms. The van der Waals surface area contributed by atoms with E-state index in [-0.39, 0.29) is 0 Å². The average molecular weight is 392 g/mol. The van der Waals surface area contributed by atoms with Gasteiger partial charge in [-0.2, -0.15) is 0 Å². The molecular weight excluding hydrogens is 358 g/mol. The summed E-state index contributed by atoms with van der Waals surface area (Å²) in [7, 11) is 1.75. The molecule has 0 aromatic carbocycles. The van der Waals surface area contributed by atoms with Crippen LogP contribution in [0.2, 0.25) is 0 Å². The number of nitrogens with two attached hydrogens (primary N) is 1. The number of fused-ring (bicyclic) bond motifs is 1. The van der Waals surface area contributed by atoms with Gasteiger partial charge < -0.3 is 21.1 Å². The Morgan fingerprint density at radius 2 is 1.86 bits per heavy atom. The van der Waals surface area contributed by atoms with Gasteiger partial charge >= 0.3 is 0 Å². The lowest BCUT2D eigenvalue weighted by Crippen LogP contribution is -2.30. The van der Waals surface area contributed by atoms with Crippen LogP contribution in [-0.2, 0) is 4.74 Å². The summed E-state index contributed by atoms with van der Waals surface area (Å²) in [6, 6.07) is 0.364. The summed E-state index contributed by atoms with van der Waals surface area (Å²) in [5.74, 6) is 1.56. The standard InChI is InChI=1S/C25H33N3O/c1-16-15-19-9-12-24(28-22(19)13-14-25(16)29-3)21-5-4-6-23(21)27-17(2)18-7-10-20(26)11-8-18/h5-6,12-13,15,18,20,27-28H,2,4,7-11,14,26H2,1,3H3. The van der Waals surface area contributed by atoms with Crippen molar-refractivity contribution in [1.82, 2.24) is 10.6 Å². The Morgan fingerprint density at radius 3 is 2.62 bits per heavy atom. The van der Waals surface area contributed by atoms with Gasteiger partial charge in [-0.3, -0.25) is 0 Å². The highest BCUT2D eigenvalue weighted by Gasteiger charge is 2.25. The van der Waals surface area contributed by atoms with E-state index in [0.29, 0.717) is 12.0 Å². The van der Waals surface area contributed by atoms with Gasteiger partial charge in [-0.1, -0.05) is 37.0 Å². The Bertz CT molecular complexity index is 874. The number of hydrogen-bond acceptors (Lipinski definition) is 4. The molecule has 154 valence electrons. The molecule has 0 bridgehead atoms. The minimum Gasteiger partial charge on any atom is -0.501 e. The minimum atomic E-state index is 0.364. The molecule has 4 rings (SSSR count). The predicted molar refractivity (Wildman–Crippen MR) is 119 cm³/mol. The molecule has 4 N–H and O–H groups in total. The largest absolute Gasteiger partial charge is 0.501 e. The molecule has 4 nitrogen and oxygen atoms in total. The second-order valence-corrected chi connectivity index (χ2v) is 8.48. The molecule has 0 radical (unpaired) electrons. The minimum absolute atomic E-state index is 0.364. The van der Waals surface area contributed by atoms with E-state index in [1.807, 2.05) is 0 Å². The van der Waals surface area contributed by atoms with Crippen LogP contribution in [0.3, 0.4) is 0 Å². The predicted octanol–water partition coefficient (Wildman–Crippen LogP) is 4.83. The van der Waals surface area contributed by atoms with Crippen molar-refractivity contribution in [2.45, 2.75) is 57.9 Å². The molecule has 0 aromatic heterocycles. The molecule has 0 unspecified atom stereocenters. The fraction of sp³-hybridized carbons (Fsp3) is 0.440. The van der Waals surface area contributed by atoms with Gasteiger partial charge in [0.25, 0.3) is 0 Å². The third-order valence-corrected chi connectivity index (χ3v) is 6.49. The SMILES string of the molecule is C=C(NC1=CCC=C1C1=CCC2=CC(C)=C(OC)CC=C2N1)C1CCC(N)CC1. The number of methoxy groups -OCH3 is 1. The van der Waals surface area contributed by atoms with E-state index < -0.39 is 0 Å². The summed E-state index contributed by atoms with van der Waals surface area (Å²) in [5, 5.41) is 7.30. The van der Waals surface area contributed by atoms with Crippen molar-refractivity contribution >= 4 is 0 Å². The third kappa shape index (κ3) is 4.27. The molecule has 1 heterocycles. The molecule has 0 aromatic rings. The quantitative estimate of drug-likeness (QED) is 0.628. The highest BCUT2D eigenvalue weighted by molar-refractivity contribution is 5.55. The molecule has 29 heavy (non-hydrogen) atoms. The molecule has 4 heteroatoms. The van der Waals surface area contributed by atoms with Crippen molar-refractivity contribution < 1.29 is 4.74 Å². The Morgan fingerprint density at radius 1 is 1.10 bits per heavy atom. The Kier molecular flexibility index (Phi) is 5.81. The zero-order valence-corrected chi connectivity index (χ0v) is 17.7. The topological polar surface area (TPSA) is 59.3 Å². The molecule has 1 aliphatic heterocycles. The maximum atomic E-state index is 6.06. The first-order valence-electron chi connectivity index (χ1n) is 10.8. The summed E-state index contributed by atoms with van der Waals surface area (Å²) < 4.78 is 5.54. The maximum Gasteiger partial charge on any atom is 0.102 e. The number of nitrogens with one attached hydrogen (secondary N) is 2. The second-order valence-electron chi connectivity index (χ2n) is 8.48. The summed E-state index contributed by atoms with van der Waals surface area (Å²) in [6.07, 6.45) is 18.5. The number of allylic oxidation sites excluding steroid dienone is 8. The Labute approximate surface area is 174 Å². The third-order valence-electron chi connectivity index (χ3n) is 6.49. The van der Waals surface area contributed by atoms with Crippen molar-refractivity contribution in [1.29, 1.82) is 0 Å². The van der Waals surface area contributed by atoms with Crippen LogP contribution >= 0.6 is 0 Å². The molecule has 3 aliphatic carbocycles. The van der Waals surface area contributed by atoms with E-state index in [0.717, 1.165) is 56.4 Å². The number of hydrogen-bond donors (Lipinski definition) is 3. The Balaban J connectivity index is 1.44. The van der Waals surface area contributed by atoms with Crippen molar-refractivity contribution in [3.05, 3.63) is 82.2 Å². The lowest BCUT2D eigenvalue weighted by atomic mass is 9.84. The van der Waals surface area contributed by atoms with E-state index in [1.165, 1.54) is 33.8 Å². The number of rotatable bonds is 5. The van der Waals surface area contributed by atoms with Crippen LogP contribution in [0.15, 0.2) is 82.2 Å². The van der Waals surface area contributed by atoms with Crippen molar-refractivity contribution in [2.75, 3.05) is 7.11 Å². The smallest absolute Gasteiger partial charge is 0.102 e. The normalized spacial score (nSPS) is 26.8. The highest BCUT2D eigenvalue weighted by atomic mass is 16.5. The van der Waals surface area contributed by atoms with E-state index in [2.05, 4.69) is 54.5 Å². The second kappa shape index (κ2) is 8.50. The first-order valence-corrected chi connectivity index (χ1v) is 10.8. The highest BCUT2D eigenvalue weighted by Crippen LogP contribution is 2.34. The molecule has 4 aliphatic rings. The Hall–Kier alpha value is -2.46. The van der Waals surface area contributed by atoms with E-state index >= 15 is 0 Å². The van der Waals surface area contributed by atoms with Crippen LogP contribution < -0.4 is 16.4 Å². The van der Waals surface area contributed by atoms with E-state index in [4.69, 9.17) is 10.5 Å². The van der Waals surface area contributed by atoms with Crippen LogP contribution in [0, 0.1) is 5.92 Å². The van der Waals surface area contributed by atoms with Crippen LogP contribution in [0.1, 0.15) is 51.9 Å². The van der Waals surface area contributed by atoms with E-state index in [1.54, 1.807) is 7.11 Å². The average Bonchev–Trinajstić information content (AvgIpc) is 3.11. The zero-order valence-electron chi connectivity index (χ0n) is 17.7. The summed E-state index contributed by atoms with van der Waals surface area (Å²) in [5.41, 5.74) is 14.5. The van der Waals surface area contributed by atoms with Crippen LogP contribution in [-0.4, -0.2) is 13.2 Å².